The van der Waals surface area contributed by atoms with Crippen molar-refractivity contribution in [1.82, 2.24) is 0 Å². The van der Waals surface area contributed by atoms with Crippen LogP contribution in [0.2, 0.25) is 0 Å². The van der Waals surface area contributed by atoms with Crippen LogP contribution in [0.25, 0.3) is 0 Å². The topological polar surface area (TPSA) is 56.8 Å². The zero-order valence-electron chi connectivity index (χ0n) is 12.8. The summed E-state index contributed by atoms with van der Waals surface area (Å²) in [6.07, 6.45) is -0.664. The molecule has 1 N–H and O–H groups in total. The van der Waals surface area contributed by atoms with Gasteiger partial charge in [-0.2, -0.15) is 0 Å². The number of nitrogens with one attached hydrogen (secondary N) is 1. The van der Waals surface area contributed by atoms with Crippen molar-refractivity contribution in [2.75, 3.05) is 19.5 Å². The Morgan fingerprint density at radius 2 is 1.73 bits per heavy atom. The van der Waals surface area contributed by atoms with E-state index < -0.39 is 6.10 Å². The second kappa shape index (κ2) is 7.36. The van der Waals surface area contributed by atoms with Crippen molar-refractivity contribution in [2.45, 2.75) is 13.0 Å². The number of para-hydroxylation sites is 2. The number of carbonyl (C=O) groups is 1. The van der Waals surface area contributed by atoms with Crippen LogP contribution in [-0.2, 0) is 4.79 Å². The van der Waals surface area contributed by atoms with Gasteiger partial charge in [-0.3, -0.25) is 4.79 Å². The molecule has 22 heavy (non-hydrogen) atoms. The molecule has 0 unspecified atom stereocenters. The molecule has 116 valence electrons. The summed E-state index contributed by atoms with van der Waals surface area (Å²) in [4.78, 5) is 12.2. The van der Waals surface area contributed by atoms with E-state index in [4.69, 9.17) is 14.2 Å². The van der Waals surface area contributed by atoms with E-state index in [0.717, 1.165) is 0 Å². The monoisotopic (exact) mass is 301 g/mol. The number of rotatable bonds is 6. The maximum atomic E-state index is 12.2. The average molecular weight is 301 g/mol. The molecule has 0 aliphatic heterocycles. The third kappa shape index (κ3) is 3.91. The van der Waals surface area contributed by atoms with E-state index in [1.807, 2.05) is 18.2 Å². The summed E-state index contributed by atoms with van der Waals surface area (Å²) in [5.74, 6) is 1.54. The summed E-state index contributed by atoms with van der Waals surface area (Å²) < 4.78 is 16.0. The van der Waals surface area contributed by atoms with E-state index >= 15 is 0 Å². The molecule has 5 heteroatoms. The highest BCUT2D eigenvalue weighted by Gasteiger charge is 2.17. The summed E-state index contributed by atoms with van der Waals surface area (Å²) >= 11 is 0. The molecule has 0 saturated carbocycles. The molecule has 2 aromatic carbocycles. The second-order valence-electron chi connectivity index (χ2n) is 4.63. The highest BCUT2D eigenvalue weighted by molar-refractivity contribution is 5.94. The third-order valence-electron chi connectivity index (χ3n) is 3.08. The molecule has 1 atom stereocenters. The first-order chi connectivity index (χ1) is 10.6. The fraction of sp³-hybridized carbons (Fsp3) is 0.235. The van der Waals surface area contributed by atoms with Crippen molar-refractivity contribution < 1.29 is 19.0 Å². The van der Waals surface area contributed by atoms with Crippen LogP contribution in [0.1, 0.15) is 6.92 Å². The van der Waals surface area contributed by atoms with Gasteiger partial charge in [-0.15, -0.1) is 0 Å². The first-order valence-electron chi connectivity index (χ1n) is 6.88. The maximum absolute atomic E-state index is 12.2. The summed E-state index contributed by atoms with van der Waals surface area (Å²) in [5.41, 5.74) is 0.653. The Bertz CT molecular complexity index is 642. The zero-order valence-corrected chi connectivity index (χ0v) is 12.8. The van der Waals surface area contributed by atoms with Gasteiger partial charge in [0.15, 0.2) is 17.6 Å². The smallest absolute Gasteiger partial charge is 0.265 e. The molecule has 1 amide bonds. The molecule has 0 aliphatic rings. The summed E-state index contributed by atoms with van der Waals surface area (Å²) in [7, 11) is 3.14. The van der Waals surface area contributed by atoms with Crippen molar-refractivity contribution in [3.05, 3.63) is 48.5 Å². The van der Waals surface area contributed by atoms with Gasteiger partial charge >= 0.3 is 0 Å². The predicted molar refractivity (Wildman–Crippen MR) is 84.7 cm³/mol. The van der Waals surface area contributed by atoms with Gasteiger partial charge in [0.25, 0.3) is 5.91 Å². The number of anilines is 1. The molecule has 0 fully saturated rings. The molecule has 2 aromatic rings. The predicted octanol–water partition coefficient (Wildman–Crippen LogP) is 3.11. The molecule has 0 bridgehead atoms. The van der Waals surface area contributed by atoms with Crippen molar-refractivity contribution in [1.29, 1.82) is 0 Å². The molecule has 0 spiro atoms. The fourth-order valence-electron chi connectivity index (χ4n) is 1.90. The number of methoxy groups -OCH3 is 2. The minimum Gasteiger partial charge on any atom is -0.497 e. The lowest BCUT2D eigenvalue weighted by atomic mass is 10.2. The molecular formula is C17H19NO4. The van der Waals surface area contributed by atoms with Crippen molar-refractivity contribution >= 4 is 11.6 Å². The largest absolute Gasteiger partial charge is 0.497 e. The van der Waals surface area contributed by atoms with Gasteiger partial charge in [0.1, 0.15) is 5.75 Å². The minimum absolute atomic E-state index is 0.251. The van der Waals surface area contributed by atoms with Crippen LogP contribution in [-0.4, -0.2) is 26.2 Å². The maximum Gasteiger partial charge on any atom is 0.265 e. The Hall–Kier alpha value is -2.69. The zero-order chi connectivity index (χ0) is 15.9. The number of amides is 1. The highest BCUT2D eigenvalue weighted by Crippen LogP contribution is 2.27. The molecule has 0 heterocycles. The van der Waals surface area contributed by atoms with Gasteiger partial charge in [0, 0.05) is 11.8 Å². The number of carbonyl (C=O) groups excluding carboxylic acids is 1. The van der Waals surface area contributed by atoms with E-state index in [1.165, 1.54) is 0 Å². The minimum atomic E-state index is -0.664. The quantitative estimate of drug-likeness (QED) is 0.890. The average Bonchev–Trinajstić information content (AvgIpc) is 2.55. The van der Waals surface area contributed by atoms with Crippen LogP contribution in [0.4, 0.5) is 5.69 Å². The Labute approximate surface area is 129 Å². The van der Waals surface area contributed by atoms with E-state index in [0.29, 0.717) is 22.9 Å². The van der Waals surface area contributed by atoms with Crippen molar-refractivity contribution in [3.8, 4) is 17.2 Å². The SMILES string of the molecule is COc1cccc(NC(=O)[C@H](C)Oc2ccccc2OC)c1. The van der Waals surface area contributed by atoms with Gasteiger partial charge in [-0.25, -0.2) is 0 Å². The Kier molecular flexibility index (Phi) is 5.25. The highest BCUT2D eigenvalue weighted by atomic mass is 16.5. The Morgan fingerprint density at radius 3 is 2.41 bits per heavy atom. The lowest BCUT2D eigenvalue weighted by molar-refractivity contribution is -0.122. The van der Waals surface area contributed by atoms with E-state index in [1.54, 1.807) is 51.5 Å². The lowest BCUT2D eigenvalue weighted by Crippen LogP contribution is -2.30. The molecule has 0 aromatic heterocycles. The van der Waals surface area contributed by atoms with E-state index in [9.17, 15) is 4.79 Å². The second-order valence-corrected chi connectivity index (χ2v) is 4.63. The standard InChI is InChI=1S/C17H19NO4/c1-12(22-16-10-5-4-9-15(16)21-3)17(19)18-13-7-6-8-14(11-13)20-2/h4-12H,1-3H3,(H,18,19)/t12-/m0/s1. The summed E-state index contributed by atoms with van der Waals surface area (Å²) in [5, 5.41) is 2.79. The van der Waals surface area contributed by atoms with Gasteiger partial charge < -0.3 is 19.5 Å². The molecule has 0 radical (unpaired) electrons. The van der Waals surface area contributed by atoms with Crippen LogP contribution in [0, 0.1) is 0 Å². The van der Waals surface area contributed by atoms with E-state index in [2.05, 4.69) is 5.32 Å². The molecule has 0 saturated heterocycles. The molecular weight excluding hydrogens is 282 g/mol. The third-order valence-corrected chi connectivity index (χ3v) is 3.08. The normalized spacial score (nSPS) is 11.4. The van der Waals surface area contributed by atoms with Crippen LogP contribution in [0.3, 0.4) is 0 Å². The first-order valence-corrected chi connectivity index (χ1v) is 6.88. The Balaban J connectivity index is 2.02. The van der Waals surface area contributed by atoms with E-state index in [-0.39, 0.29) is 5.91 Å². The molecule has 0 aliphatic carbocycles. The fourth-order valence-corrected chi connectivity index (χ4v) is 1.90. The van der Waals surface area contributed by atoms with Crippen LogP contribution < -0.4 is 19.5 Å². The first kappa shape index (κ1) is 15.7. The Morgan fingerprint density at radius 1 is 1.00 bits per heavy atom. The lowest BCUT2D eigenvalue weighted by Gasteiger charge is -2.16. The number of hydrogen-bond acceptors (Lipinski definition) is 4. The summed E-state index contributed by atoms with van der Waals surface area (Å²) in [6, 6.07) is 14.3. The van der Waals surface area contributed by atoms with Crippen molar-refractivity contribution in [2.24, 2.45) is 0 Å². The molecule has 5 nitrogen and oxygen atoms in total. The van der Waals surface area contributed by atoms with Crippen LogP contribution >= 0.6 is 0 Å². The van der Waals surface area contributed by atoms with Crippen molar-refractivity contribution in [3.63, 3.8) is 0 Å². The number of ether oxygens (including phenoxy) is 3. The summed E-state index contributed by atoms with van der Waals surface area (Å²) in [6.45, 7) is 1.68. The van der Waals surface area contributed by atoms with Gasteiger partial charge in [0.05, 0.1) is 14.2 Å². The van der Waals surface area contributed by atoms with Gasteiger partial charge in [-0.05, 0) is 31.2 Å². The van der Waals surface area contributed by atoms with Gasteiger partial charge in [-0.1, -0.05) is 18.2 Å². The molecule has 2 rings (SSSR count). The van der Waals surface area contributed by atoms with Gasteiger partial charge in [0.2, 0.25) is 0 Å². The number of benzene rings is 2. The van der Waals surface area contributed by atoms with Crippen LogP contribution in [0.5, 0.6) is 17.2 Å². The van der Waals surface area contributed by atoms with Crippen LogP contribution in [0.15, 0.2) is 48.5 Å². The number of hydrogen-bond donors (Lipinski definition) is 1.